The maximum absolute atomic E-state index is 12.5. The zero-order valence-corrected chi connectivity index (χ0v) is 21.2. The summed E-state index contributed by atoms with van der Waals surface area (Å²) < 4.78 is 8.94. The van der Waals surface area contributed by atoms with Gasteiger partial charge >= 0.3 is 0 Å². The number of benzene rings is 2. The standard InChI is InChI=1S/C25H24BrClN4O2/c1-15-9-16(10-24(32)29-18-13-28-31(14-18)25(2,3)4)5-8-21(15)33-22-12-23(27)30-20-7-6-17(26)11-19(20)22/h5-9,11-14H,10H2,1-4H3,(H,29,32). The first-order chi connectivity index (χ1) is 15.6. The lowest BCUT2D eigenvalue weighted by Crippen LogP contribution is -2.22. The molecule has 170 valence electrons. The number of carbonyl (C=O) groups is 1. The maximum Gasteiger partial charge on any atom is 0.228 e. The highest BCUT2D eigenvalue weighted by Crippen LogP contribution is 2.34. The molecule has 33 heavy (non-hydrogen) atoms. The normalized spacial score (nSPS) is 11.6. The number of carbonyl (C=O) groups excluding carboxylic acids is 1. The number of nitrogens with zero attached hydrogens (tertiary/aromatic N) is 3. The number of halogens is 2. The largest absolute Gasteiger partial charge is 0.456 e. The van der Waals surface area contributed by atoms with E-state index in [0.717, 1.165) is 26.5 Å². The molecule has 0 aliphatic rings. The van der Waals surface area contributed by atoms with Crippen LogP contribution in [0.25, 0.3) is 10.9 Å². The Balaban J connectivity index is 1.49. The Bertz CT molecular complexity index is 1340. The summed E-state index contributed by atoms with van der Waals surface area (Å²) in [7, 11) is 0. The molecule has 0 saturated heterocycles. The second-order valence-electron chi connectivity index (χ2n) is 8.88. The summed E-state index contributed by atoms with van der Waals surface area (Å²) >= 11 is 9.68. The van der Waals surface area contributed by atoms with Crippen molar-refractivity contribution >= 4 is 50.0 Å². The molecule has 0 bridgehead atoms. The van der Waals surface area contributed by atoms with Crippen molar-refractivity contribution in [3.63, 3.8) is 0 Å². The van der Waals surface area contributed by atoms with Gasteiger partial charge in [-0.25, -0.2) is 4.98 Å². The van der Waals surface area contributed by atoms with Gasteiger partial charge in [-0.2, -0.15) is 5.10 Å². The van der Waals surface area contributed by atoms with E-state index < -0.39 is 0 Å². The second-order valence-corrected chi connectivity index (χ2v) is 10.2. The third-order valence-electron chi connectivity index (χ3n) is 5.08. The Hall–Kier alpha value is -2.90. The predicted octanol–water partition coefficient (Wildman–Crippen LogP) is 6.88. The molecule has 0 atom stereocenters. The molecule has 0 fully saturated rings. The van der Waals surface area contributed by atoms with Crippen LogP contribution in [0.2, 0.25) is 5.15 Å². The van der Waals surface area contributed by atoms with Crippen LogP contribution >= 0.6 is 27.5 Å². The molecule has 1 amide bonds. The summed E-state index contributed by atoms with van der Waals surface area (Å²) in [5.41, 5.74) is 3.09. The maximum atomic E-state index is 12.5. The summed E-state index contributed by atoms with van der Waals surface area (Å²) in [4.78, 5) is 16.9. The van der Waals surface area contributed by atoms with E-state index >= 15 is 0 Å². The fourth-order valence-electron chi connectivity index (χ4n) is 3.42. The smallest absolute Gasteiger partial charge is 0.228 e. The number of hydrogen-bond acceptors (Lipinski definition) is 4. The Morgan fingerprint density at radius 3 is 2.64 bits per heavy atom. The van der Waals surface area contributed by atoms with Crippen molar-refractivity contribution in [2.45, 2.75) is 39.7 Å². The molecule has 0 aliphatic heterocycles. The van der Waals surface area contributed by atoms with Crippen molar-refractivity contribution in [1.82, 2.24) is 14.8 Å². The lowest BCUT2D eigenvalue weighted by molar-refractivity contribution is -0.115. The number of rotatable bonds is 5. The van der Waals surface area contributed by atoms with Crippen LogP contribution in [0.1, 0.15) is 31.9 Å². The van der Waals surface area contributed by atoms with E-state index in [2.05, 4.69) is 52.1 Å². The molecule has 0 spiro atoms. The molecule has 8 heteroatoms. The molecule has 6 nitrogen and oxygen atoms in total. The molecule has 0 saturated carbocycles. The van der Waals surface area contributed by atoms with Gasteiger partial charge in [0.15, 0.2) is 0 Å². The Morgan fingerprint density at radius 2 is 1.94 bits per heavy atom. The number of amides is 1. The van der Waals surface area contributed by atoms with Crippen molar-refractivity contribution in [3.8, 4) is 11.5 Å². The highest BCUT2D eigenvalue weighted by Gasteiger charge is 2.15. The SMILES string of the molecule is Cc1cc(CC(=O)Nc2cnn(C(C)(C)C)c2)ccc1Oc1cc(Cl)nc2ccc(Br)cc12. The van der Waals surface area contributed by atoms with Gasteiger partial charge < -0.3 is 10.1 Å². The first kappa shape index (κ1) is 23.3. The monoisotopic (exact) mass is 526 g/mol. The Morgan fingerprint density at radius 1 is 1.15 bits per heavy atom. The van der Waals surface area contributed by atoms with Gasteiger partial charge in [-0.3, -0.25) is 9.48 Å². The lowest BCUT2D eigenvalue weighted by Gasteiger charge is -2.18. The van der Waals surface area contributed by atoms with Gasteiger partial charge in [0.1, 0.15) is 16.7 Å². The van der Waals surface area contributed by atoms with Crippen LogP contribution in [0, 0.1) is 6.92 Å². The molecule has 2 aromatic heterocycles. The average molecular weight is 528 g/mol. The first-order valence-corrected chi connectivity index (χ1v) is 11.6. The van der Waals surface area contributed by atoms with Gasteiger partial charge in [0, 0.05) is 22.1 Å². The molecular formula is C25H24BrClN4O2. The van der Waals surface area contributed by atoms with Crippen molar-refractivity contribution in [2.24, 2.45) is 0 Å². The topological polar surface area (TPSA) is 69.0 Å². The van der Waals surface area contributed by atoms with Crippen molar-refractivity contribution in [1.29, 1.82) is 0 Å². The molecule has 1 N–H and O–H groups in total. The highest BCUT2D eigenvalue weighted by molar-refractivity contribution is 9.10. The van der Waals surface area contributed by atoms with E-state index in [9.17, 15) is 4.79 Å². The van der Waals surface area contributed by atoms with Crippen LogP contribution in [0.15, 0.2) is 59.3 Å². The van der Waals surface area contributed by atoms with Crippen LogP contribution in [0.5, 0.6) is 11.5 Å². The average Bonchev–Trinajstić information content (AvgIpc) is 3.19. The minimum absolute atomic E-state index is 0.103. The third kappa shape index (κ3) is 5.54. The Kier molecular flexibility index (Phi) is 6.45. The number of hydrogen-bond donors (Lipinski definition) is 1. The molecule has 0 unspecified atom stereocenters. The zero-order chi connectivity index (χ0) is 23.8. The van der Waals surface area contributed by atoms with E-state index in [-0.39, 0.29) is 17.9 Å². The van der Waals surface area contributed by atoms with Crippen LogP contribution in [-0.2, 0) is 16.8 Å². The van der Waals surface area contributed by atoms with Crippen molar-refractivity contribution in [3.05, 3.63) is 75.6 Å². The number of aromatic nitrogens is 3. The predicted molar refractivity (Wildman–Crippen MR) is 135 cm³/mol. The van der Waals surface area contributed by atoms with Crippen LogP contribution in [0.4, 0.5) is 5.69 Å². The molecule has 0 aliphatic carbocycles. The van der Waals surface area contributed by atoms with Gasteiger partial charge in [-0.15, -0.1) is 0 Å². The van der Waals surface area contributed by atoms with Gasteiger partial charge in [0.25, 0.3) is 0 Å². The quantitative estimate of drug-likeness (QED) is 0.287. The highest BCUT2D eigenvalue weighted by atomic mass is 79.9. The zero-order valence-electron chi connectivity index (χ0n) is 18.8. The number of aryl methyl sites for hydroxylation is 1. The van der Waals surface area contributed by atoms with E-state index in [1.807, 2.05) is 54.2 Å². The van der Waals surface area contributed by atoms with Gasteiger partial charge in [-0.05, 0) is 63.1 Å². The van der Waals surface area contributed by atoms with E-state index in [1.165, 1.54) is 0 Å². The summed E-state index contributed by atoms with van der Waals surface area (Å²) in [6, 6.07) is 13.2. The number of anilines is 1. The van der Waals surface area contributed by atoms with Crippen molar-refractivity contribution < 1.29 is 9.53 Å². The minimum Gasteiger partial charge on any atom is -0.456 e. The van der Waals surface area contributed by atoms with Gasteiger partial charge in [-0.1, -0.05) is 39.7 Å². The fraction of sp³-hybridized carbons (Fsp3) is 0.240. The lowest BCUT2D eigenvalue weighted by atomic mass is 10.1. The van der Waals surface area contributed by atoms with Gasteiger partial charge in [0.2, 0.25) is 5.91 Å². The molecule has 4 rings (SSSR count). The van der Waals surface area contributed by atoms with Crippen LogP contribution in [-0.4, -0.2) is 20.7 Å². The van der Waals surface area contributed by atoms with E-state index in [0.29, 0.717) is 22.3 Å². The molecule has 2 heterocycles. The molecule has 0 radical (unpaired) electrons. The number of nitrogens with one attached hydrogen (secondary N) is 1. The molecule has 2 aromatic carbocycles. The summed E-state index contributed by atoms with van der Waals surface area (Å²) in [6.07, 6.45) is 3.75. The number of pyridine rings is 1. The van der Waals surface area contributed by atoms with E-state index in [4.69, 9.17) is 16.3 Å². The summed E-state index contributed by atoms with van der Waals surface area (Å²) in [5.74, 6) is 1.21. The second kappa shape index (κ2) is 9.15. The number of ether oxygens (including phenoxy) is 1. The summed E-state index contributed by atoms with van der Waals surface area (Å²) in [6.45, 7) is 8.11. The third-order valence-corrected chi connectivity index (χ3v) is 5.77. The number of fused-ring (bicyclic) bond motifs is 1. The molecular weight excluding hydrogens is 504 g/mol. The van der Waals surface area contributed by atoms with Crippen LogP contribution in [0.3, 0.4) is 0 Å². The van der Waals surface area contributed by atoms with Crippen LogP contribution < -0.4 is 10.1 Å². The van der Waals surface area contributed by atoms with Gasteiger partial charge in [0.05, 0.1) is 29.4 Å². The first-order valence-electron chi connectivity index (χ1n) is 10.5. The summed E-state index contributed by atoms with van der Waals surface area (Å²) in [5, 5.41) is 8.44. The fourth-order valence-corrected chi connectivity index (χ4v) is 3.97. The van der Waals surface area contributed by atoms with Crippen molar-refractivity contribution in [2.75, 3.05) is 5.32 Å². The Labute approximate surface area is 206 Å². The minimum atomic E-state index is -0.142. The molecule has 4 aromatic rings. The van der Waals surface area contributed by atoms with E-state index in [1.54, 1.807) is 12.3 Å².